The third-order valence-corrected chi connectivity index (χ3v) is 2.75. The second-order valence-corrected chi connectivity index (χ2v) is 5.73. The van der Waals surface area contributed by atoms with E-state index in [1.54, 1.807) is 0 Å². The third-order valence-electron chi connectivity index (χ3n) is 2.75. The first kappa shape index (κ1) is 12.5. The average molecular weight is 212 g/mol. The van der Waals surface area contributed by atoms with Gasteiger partial charge < -0.3 is 10.6 Å². The summed E-state index contributed by atoms with van der Waals surface area (Å²) in [4.78, 5) is 11.6. The zero-order valence-corrected chi connectivity index (χ0v) is 10.2. The maximum absolute atomic E-state index is 11.6. The summed E-state index contributed by atoms with van der Waals surface area (Å²) >= 11 is 0. The zero-order chi connectivity index (χ0) is 11.3. The number of hydrogen-bond donors (Lipinski definition) is 2. The Morgan fingerprint density at radius 1 is 1.33 bits per heavy atom. The Morgan fingerprint density at radius 3 is 2.47 bits per heavy atom. The van der Waals surface area contributed by atoms with Crippen LogP contribution in [0.3, 0.4) is 0 Å². The van der Waals surface area contributed by atoms with Crippen molar-refractivity contribution in [2.45, 2.75) is 40.0 Å². The zero-order valence-electron chi connectivity index (χ0n) is 10.2. The molecule has 1 saturated heterocycles. The lowest BCUT2D eigenvalue weighted by Gasteiger charge is -2.23. The summed E-state index contributed by atoms with van der Waals surface area (Å²) in [6.07, 6.45) is 2.99. The van der Waals surface area contributed by atoms with Gasteiger partial charge in [0.2, 0.25) is 5.91 Å². The molecular formula is C12H24N2O. The number of nitrogens with one attached hydrogen (secondary N) is 2. The highest BCUT2D eigenvalue weighted by atomic mass is 16.1. The second-order valence-electron chi connectivity index (χ2n) is 5.73. The van der Waals surface area contributed by atoms with Crippen LogP contribution < -0.4 is 10.6 Å². The van der Waals surface area contributed by atoms with Crippen molar-refractivity contribution < 1.29 is 4.79 Å². The molecule has 88 valence electrons. The molecule has 3 nitrogen and oxygen atoms in total. The molecule has 1 rings (SSSR count). The molecule has 0 aliphatic carbocycles. The van der Waals surface area contributed by atoms with Crippen LogP contribution in [0.15, 0.2) is 0 Å². The van der Waals surface area contributed by atoms with E-state index in [2.05, 4.69) is 31.4 Å². The molecule has 0 atom stereocenters. The van der Waals surface area contributed by atoms with Gasteiger partial charge in [-0.2, -0.15) is 0 Å². The Kier molecular flexibility index (Phi) is 4.58. The predicted octanol–water partition coefficient (Wildman–Crippen LogP) is 1.54. The van der Waals surface area contributed by atoms with E-state index in [0.717, 1.165) is 32.5 Å². The normalized spacial score (nSPS) is 18.9. The van der Waals surface area contributed by atoms with Crippen molar-refractivity contribution in [2.24, 2.45) is 11.3 Å². The van der Waals surface area contributed by atoms with Gasteiger partial charge in [0.05, 0.1) is 0 Å². The lowest BCUT2D eigenvalue weighted by Crippen LogP contribution is -2.35. The summed E-state index contributed by atoms with van der Waals surface area (Å²) in [5.74, 6) is 0.808. The van der Waals surface area contributed by atoms with E-state index < -0.39 is 0 Å². The molecule has 0 aromatic heterocycles. The maximum atomic E-state index is 11.6. The fraction of sp³-hybridized carbons (Fsp3) is 0.917. The van der Waals surface area contributed by atoms with Gasteiger partial charge in [-0.1, -0.05) is 20.8 Å². The molecule has 1 aliphatic rings. The monoisotopic (exact) mass is 212 g/mol. The van der Waals surface area contributed by atoms with E-state index >= 15 is 0 Å². The van der Waals surface area contributed by atoms with Crippen LogP contribution >= 0.6 is 0 Å². The lowest BCUT2D eigenvalue weighted by molar-refractivity contribution is -0.122. The van der Waals surface area contributed by atoms with E-state index in [4.69, 9.17) is 0 Å². The minimum atomic E-state index is 0.184. The van der Waals surface area contributed by atoms with Gasteiger partial charge in [0.25, 0.3) is 0 Å². The summed E-state index contributed by atoms with van der Waals surface area (Å²) in [5.41, 5.74) is 0.184. The van der Waals surface area contributed by atoms with Crippen molar-refractivity contribution in [1.82, 2.24) is 10.6 Å². The molecule has 0 aromatic carbocycles. The Morgan fingerprint density at radius 2 is 1.93 bits per heavy atom. The topological polar surface area (TPSA) is 41.1 Å². The standard InChI is InChI=1S/C12H24N2O/c1-12(2,3)9-14-11(15)8-10-4-6-13-7-5-10/h10,13H,4-9H2,1-3H3,(H,14,15). The molecule has 1 fully saturated rings. The van der Waals surface area contributed by atoms with E-state index in [9.17, 15) is 4.79 Å². The molecule has 0 bridgehead atoms. The van der Waals surface area contributed by atoms with Crippen molar-refractivity contribution in [3.63, 3.8) is 0 Å². The van der Waals surface area contributed by atoms with Gasteiger partial charge in [0, 0.05) is 13.0 Å². The summed E-state index contributed by atoms with van der Waals surface area (Å²) in [7, 11) is 0. The highest BCUT2D eigenvalue weighted by Crippen LogP contribution is 2.16. The first-order chi connectivity index (χ1) is 6.97. The molecule has 0 unspecified atom stereocenters. The summed E-state index contributed by atoms with van der Waals surface area (Å²) in [5, 5.41) is 6.32. The van der Waals surface area contributed by atoms with Gasteiger partial charge in [0.1, 0.15) is 0 Å². The van der Waals surface area contributed by atoms with Gasteiger partial charge in [-0.05, 0) is 37.3 Å². The van der Waals surface area contributed by atoms with E-state index in [-0.39, 0.29) is 11.3 Å². The van der Waals surface area contributed by atoms with Crippen molar-refractivity contribution in [3.05, 3.63) is 0 Å². The van der Waals surface area contributed by atoms with Crippen LogP contribution in [0.25, 0.3) is 0 Å². The molecule has 2 N–H and O–H groups in total. The van der Waals surface area contributed by atoms with E-state index in [1.807, 2.05) is 0 Å². The maximum Gasteiger partial charge on any atom is 0.220 e. The summed E-state index contributed by atoms with van der Waals surface area (Å²) in [6, 6.07) is 0. The Balaban J connectivity index is 2.17. The summed E-state index contributed by atoms with van der Waals surface area (Å²) in [6.45, 7) is 9.32. The molecule has 1 amide bonds. The molecule has 0 saturated carbocycles. The van der Waals surface area contributed by atoms with Crippen molar-refractivity contribution in [3.8, 4) is 0 Å². The Hall–Kier alpha value is -0.570. The predicted molar refractivity (Wildman–Crippen MR) is 62.7 cm³/mol. The van der Waals surface area contributed by atoms with Crippen LogP contribution in [0.5, 0.6) is 0 Å². The van der Waals surface area contributed by atoms with E-state index in [0.29, 0.717) is 12.3 Å². The quantitative estimate of drug-likeness (QED) is 0.745. The molecule has 0 spiro atoms. The number of carbonyl (C=O) groups is 1. The van der Waals surface area contributed by atoms with Gasteiger partial charge in [0.15, 0.2) is 0 Å². The van der Waals surface area contributed by atoms with Crippen LogP contribution in [0.1, 0.15) is 40.0 Å². The molecule has 1 aliphatic heterocycles. The van der Waals surface area contributed by atoms with Gasteiger partial charge in [-0.3, -0.25) is 4.79 Å². The first-order valence-corrected chi connectivity index (χ1v) is 5.95. The van der Waals surface area contributed by atoms with Gasteiger partial charge in [-0.15, -0.1) is 0 Å². The molecule has 0 radical (unpaired) electrons. The van der Waals surface area contributed by atoms with Crippen molar-refractivity contribution >= 4 is 5.91 Å². The van der Waals surface area contributed by atoms with E-state index in [1.165, 1.54) is 0 Å². The lowest BCUT2D eigenvalue weighted by atomic mass is 9.93. The largest absolute Gasteiger partial charge is 0.356 e. The summed E-state index contributed by atoms with van der Waals surface area (Å²) < 4.78 is 0. The molecule has 0 aromatic rings. The fourth-order valence-electron chi connectivity index (χ4n) is 1.78. The van der Waals surface area contributed by atoms with Crippen molar-refractivity contribution in [2.75, 3.05) is 19.6 Å². The van der Waals surface area contributed by atoms with Crippen LogP contribution in [0.4, 0.5) is 0 Å². The molecule has 1 heterocycles. The SMILES string of the molecule is CC(C)(C)CNC(=O)CC1CCNCC1. The smallest absolute Gasteiger partial charge is 0.220 e. The number of hydrogen-bond acceptors (Lipinski definition) is 2. The number of rotatable bonds is 3. The van der Waals surface area contributed by atoms with Crippen LogP contribution in [-0.2, 0) is 4.79 Å². The average Bonchev–Trinajstić information content (AvgIpc) is 2.15. The minimum Gasteiger partial charge on any atom is -0.356 e. The number of carbonyl (C=O) groups excluding carboxylic acids is 1. The Bertz CT molecular complexity index is 202. The van der Waals surface area contributed by atoms with Crippen LogP contribution in [0.2, 0.25) is 0 Å². The Labute approximate surface area is 93.0 Å². The highest BCUT2D eigenvalue weighted by Gasteiger charge is 2.18. The number of piperidine rings is 1. The van der Waals surface area contributed by atoms with Crippen LogP contribution in [-0.4, -0.2) is 25.5 Å². The number of amides is 1. The third kappa shape index (κ3) is 5.78. The van der Waals surface area contributed by atoms with Crippen molar-refractivity contribution in [1.29, 1.82) is 0 Å². The fourth-order valence-corrected chi connectivity index (χ4v) is 1.78. The minimum absolute atomic E-state index is 0.184. The molecule has 3 heteroatoms. The molecular weight excluding hydrogens is 188 g/mol. The molecule has 15 heavy (non-hydrogen) atoms. The second kappa shape index (κ2) is 5.50. The van der Waals surface area contributed by atoms with Gasteiger partial charge >= 0.3 is 0 Å². The van der Waals surface area contributed by atoms with Crippen LogP contribution in [0, 0.1) is 11.3 Å². The van der Waals surface area contributed by atoms with Gasteiger partial charge in [-0.25, -0.2) is 0 Å². The highest BCUT2D eigenvalue weighted by molar-refractivity contribution is 5.76. The first-order valence-electron chi connectivity index (χ1n) is 5.95.